The van der Waals surface area contributed by atoms with Gasteiger partial charge in [-0.05, 0) is 13.1 Å². The molecule has 0 atom stereocenters. The maximum atomic E-state index is 5.40. The highest BCUT2D eigenvalue weighted by Gasteiger charge is 2.06. The number of likely N-dealkylation sites (N-methyl/N-ethyl adjacent to an activating group) is 1. The number of rotatable bonds is 8. The van der Waals surface area contributed by atoms with Crippen molar-refractivity contribution in [2.75, 3.05) is 32.2 Å². The average Bonchev–Trinajstić information content (AvgIpc) is 2.40. The van der Waals surface area contributed by atoms with E-state index in [9.17, 15) is 0 Å². The number of aromatic nitrogens is 2. The number of nitrogen functional groups attached to an aromatic ring is 1. The van der Waals surface area contributed by atoms with Gasteiger partial charge in [-0.3, -0.25) is 0 Å². The lowest BCUT2D eigenvalue weighted by molar-refractivity contribution is 0.181. The van der Waals surface area contributed by atoms with E-state index in [0.717, 1.165) is 37.6 Å². The van der Waals surface area contributed by atoms with Gasteiger partial charge in [0.2, 0.25) is 0 Å². The van der Waals surface area contributed by atoms with Gasteiger partial charge in [0.05, 0.1) is 12.3 Å². The minimum Gasteiger partial charge on any atom is -0.378 e. The Hall–Kier alpha value is -1.24. The van der Waals surface area contributed by atoms with Gasteiger partial charge in [-0.2, -0.15) is 0 Å². The van der Waals surface area contributed by atoms with E-state index in [1.54, 1.807) is 13.2 Å². The summed E-state index contributed by atoms with van der Waals surface area (Å²) in [6.45, 7) is 7.80. The Morgan fingerprint density at radius 2 is 2.06 bits per heavy atom. The molecule has 6 heteroatoms. The van der Waals surface area contributed by atoms with Crippen LogP contribution in [-0.4, -0.2) is 41.6 Å². The highest BCUT2D eigenvalue weighted by molar-refractivity contribution is 5.34. The van der Waals surface area contributed by atoms with Gasteiger partial charge in [-0.15, -0.1) is 0 Å². The summed E-state index contributed by atoms with van der Waals surface area (Å²) in [5.41, 5.74) is 3.40. The quantitative estimate of drug-likeness (QED) is 0.527. The van der Waals surface area contributed by atoms with E-state index in [1.807, 2.05) is 0 Å². The van der Waals surface area contributed by atoms with Crippen molar-refractivity contribution in [1.82, 2.24) is 14.9 Å². The average molecular weight is 253 g/mol. The second kappa shape index (κ2) is 7.97. The molecule has 0 bridgehead atoms. The molecule has 0 saturated carbocycles. The zero-order valence-electron chi connectivity index (χ0n) is 11.4. The standard InChI is InChI=1S/C12H23N5O/c1-4-17(5-2)7-6-11-14-10(9-18-3)8-12(15-11)16-13/h8H,4-7,9,13H2,1-3H3,(H,14,15,16). The van der Waals surface area contributed by atoms with Gasteiger partial charge in [-0.1, -0.05) is 13.8 Å². The van der Waals surface area contributed by atoms with Crippen molar-refractivity contribution in [3.05, 3.63) is 17.6 Å². The number of nitrogens with zero attached hydrogens (tertiary/aromatic N) is 3. The fraction of sp³-hybridized carbons (Fsp3) is 0.667. The van der Waals surface area contributed by atoms with E-state index in [1.165, 1.54) is 0 Å². The first-order chi connectivity index (χ1) is 8.73. The number of hydrazine groups is 1. The van der Waals surface area contributed by atoms with Crippen LogP contribution in [-0.2, 0) is 17.8 Å². The molecule has 102 valence electrons. The minimum absolute atomic E-state index is 0.468. The number of ether oxygens (including phenoxy) is 1. The third kappa shape index (κ3) is 4.56. The Kier molecular flexibility index (Phi) is 6.56. The van der Waals surface area contributed by atoms with Gasteiger partial charge in [0.1, 0.15) is 11.6 Å². The molecule has 0 aliphatic rings. The smallest absolute Gasteiger partial charge is 0.144 e. The SMILES string of the molecule is CCN(CC)CCc1nc(COC)cc(NN)n1. The minimum atomic E-state index is 0.468. The van der Waals surface area contributed by atoms with Crippen LogP contribution in [0, 0.1) is 0 Å². The maximum Gasteiger partial charge on any atom is 0.144 e. The van der Waals surface area contributed by atoms with Crippen LogP contribution in [0.1, 0.15) is 25.4 Å². The zero-order valence-corrected chi connectivity index (χ0v) is 11.4. The summed E-state index contributed by atoms with van der Waals surface area (Å²) < 4.78 is 5.08. The fourth-order valence-corrected chi connectivity index (χ4v) is 1.76. The van der Waals surface area contributed by atoms with E-state index in [-0.39, 0.29) is 0 Å². The van der Waals surface area contributed by atoms with Crippen molar-refractivity contribution in [3.63, 3.8) is 0 Å². The van der Waals surface area contributed by atoms with Gasteiger partial charge in [0.25, 0.3) is 0 Å². The molecule has 6 nitrogen and oxygen atoms in total. The second-order valence-electron chi connectivity index (χ2n) is 4.01. The highest BCUT2D eigenvalue weighted by atomic mass is 16.5. The van der Waals surface area contributed by atoms with Gasteiger partial charge in [0.15, 0.2) is 0 Å². The van der Waals surface area contributed by atoms with Crippen LogP contribution in [0.3, 0.4) is 0 Å². The van der Waals surface area contributed by atoms with Crippen LogP contribution in [0.4, 0.5) is 5.82 Å². The molecule has 0 aliphatic heterocycles. The van der Waals surface area contributed by atoms with Crippen LogP contribution in [0.5, 0.6) is 0 Å². The summed E-state index contributed by atoms with van der Waals surface area (Å²) in [5, 5.41) is 0. The zero-order chi connectivity index (χ0) is 13.4. The Balaban J connectivity index is 2.71. The predicted molar refractivity (Wildman–Crippen MR) is 72.0 cm³/mol. The molecule has 18 heavy (non-hydrogen) atoms. The Morgan fingerprint density at radius 1 is 1.33 bits per heavy atom. The number of hydrogen-bond acceptors (Lipinski definition) is 6. The highest BCUT2D eigenvalue weighted by Crippen LogP contribution is 2.07. The van der Waals surface area contributed by atoms with Crippen LogP contribution < -0.4 is 11.3 Å². The van der Waals surface area contributed by atoms with Gasteiger partial charge >= 0.3 is 0 Å². The van der Waals surface area contributed by atoms with Crippen molar-refractivity contribution < 1.29 is 4.74 Å². The van der Waals surface area contributed by atoms with E-state index < -0.39 is 0 Å². The lowest BCUT2D eigenvalue weighted by Gasteiger charge is -2.17. The van der Waals surface area contributed by atoms with Gasteiger partial charge in [0, 0.05) is 26.1 Å². The number of nitrogens with one attached hydrogen (secondary N) is 1. The normalized spacial score (nSPS) is 10.9. The van der Waals surface area contributed by atoms with Gasteiger partial charge < -0.3 is 15.1 Å². The molecule has 0 aliphatic carbocycles. The van der Waals surface area contributed by atoms with Crippen molar-refractivity contribution >= 4 is 5.82 Å². The molecule has 1 aromatic rings. The lowest BCUT2D eigenvalue weighted by Crippen LogP contribution is -2.26. The summed E-state index contributed by atoms with van der Waals surface area (Å²) in [7, 11) is 1.65. The van der Waals surface area contributed by atoms with Crippen LogP contribution >= 0.6 is 0 Å². The van der Waals surface area contributed by atoms with Crippen molar-refractivity contribution in [1.29, 1.82) is 0 Å². The van der Waals surface area contributed by atoms with Crippen LogP contribution in [0.2, 0.25) is 0 Å². The largest absolute Gasteiger partial charge is 0.378 e. The Morgan fingerprint density at radius 3 is 2.61 bits per heavy atom. The summed E-state index contributed by atoms with van der Waals surface area (Å²) in [5.74, 6) is 6.83. The van der Waals surface area contributed by atoms with Crippen molar-refractivity contribution in [2.24, 2.45) is 5.84 Å². The van der Waals surface area contributed by atoms with E-state index in [2.05, 4.69) is 34.1 Å². The number of anilines is 1. The van der Waals surface area contributed by atoms with E-state index in [0.29, 0.717) is 12.4 Å². The van der Waals surface area contributed by atoms with Crippen molar-refractivity contribution in [2.45, 2.75) is 26.9 Å². The first-order valence-electron chi connectivity index (χ1n) is 6.28. The lowest BCUT2D eigenvalue weighted by atomic mass is 10.3. The van der Waals surface area contributed by atoms with E-state index in [4.69, 9.17) is 10.6 Å². The second-order valence-corrected chi connectivity index (χ2v) is 4.01. The van der Waals surface area contributed by atoms with E-state index >= 15 is 0 Å². The number of methoxy groups -OCH3 is 1. The monoisotopic (exact) mass is 253 g/mol. The fourth-order valence-electron chi connectivity index (χ4n) is 1.76. The van der Waals surface area contributed by atoms with Crippen LogP contribution in [0.25, 0.3) is 0 Å². The molecule has 1 heterocycles. The summed E-state index contributed by atoms with van der Waals surface area (Å²) in [6.07, 6.45) is 0.813. The Bertz CT molecular complexity index is 354. The topological polar surface area (TPSA) is 76.3 Å². The molecular weight excluding hydrogens is 230 g/mol. The van der Waals surface area contributed by atoms with Crippen LogP contribution in [0.15, 0.2) is 6.07 Å². The predicted octanol–water partition coefficient (Wildman–Crippen LogP) is 0.793. The molecule has 0 fully saturated rings. The first kappa shape index (κ1) is 14.8. The molecule has 1 aromatic heterocycles. The molecule has 0 saturated heterocycles. The molecule has 0 radical (unpaired) electrons. The third-order valence-electron chi connectivity index (χ3n) is 2.81. The molecule has 0 aromatic carbocycles. The van der Waals surface area contributed by atoms with Gasteiger partial charge in [-0.25, -0.2) is 15.8 Å². The van der Waals surface area contributed by atoms with Crippen molar-refractivity contribution in [3.8, 4) is 0 Å². The maximum absolute atomic E-state index is 5.40. The molecule has 1 rings (SSSR count). The number of hydrogen-bond donors (Lipinski definition) is 2. The Labute approximate surface area is 109 Å². The molecule has 0 amide bonds. The molecule has 0 spiro atoms. The summed E-state index contributed by atoms with van der Waals surface area (Å²) in [4.78, 5) is 11.1. The molecular formula is C12H23N5O. The molecule has 3 N–H and O–H groups in total. The first-order valence-corrected chi connectivity index (χ1v) is 6.28. The molecule has 0 unspecified atom stereocenters. The summed E-state index contributed by atoms with van der Waals surface area (Å²) >= 11 is 0. The third-order valence-corrected chi connectivity index (χ3v) is 2.81. The number of nitrogens with two attached hydrogens (primary N) is 1. The summed E-state index contributed by atoms with van der Waals surface area (Å²) in [6, 6.07) is 1.80.